The number of nitrogens with one attached hydrogen (secondary N) is 2. The number of anilines is 1. The molecule has 0 spiro atoms. The first kappa shape index (κ1) is 16.0. The number of ether oxygens (including phenoxy) is 1. The highest BCUT2D eigenvalue weighted by atomic mass is 35.5. The number of hydrogen-bond donors (Lipinski definition) is 2. The molecule has 1 heterocycles. The largest absolute Gasteiger partial charge is 0.494 e. The number of nitrogens with zero attached hydrogens (tertiary/aromatic N) is 2. The molecule has 0 aliphatic carbocycles. The molecule has 0 saturated heterocycles. The van der Waals surface area contributed by atoms with Crippen LogP contribution in [0, 0.1) is 0 Å². The third-order valence-electron chi connectivity index (χ3n) is 2.88. The summed E-state index contributed by atoms with van der Waals surface area (Å²) in [7, 11) is 0. The summed E-state index contributed by atoms with van der Waals surface area (Å²) in [6.07, 6.45) is 2.37. The zero-order valence-corrected chi connectivity index (χ0v) is 13.1. The first-order valence-corrected chi connectivity index (χ1v) is 7.26. The molecule has 0 radical (unpaired) electrons. The van der Waals surface area contributed by atoms with E-state index in [-0.39, 0.29) is 5.02 Å². The van der Waals surface area contributed by atoms with Gasteiger partial charge in [-0.15, -0.1) is 0 Å². The smallest absolute Gasteiger partial charge is 0.285 e. The summed E-state index contributed by atoms with van der Waals surface area (Å²) in [4.78, 5) is 11.3. The van der Waals surface area contributed by atoms with Gasteiger partial charge in [-0.2, -0.15) is 10.2 Å². The van der Waals surface area contributed by atoms with Crippen LogP contribution in [0.5, 0.6) is 5.75 Å². The predicted octanol–water partition coefficient (Wildman–Crippen LogP) is 3.05. The molecule has 22 heavy (non-hydrogen) atoms. The van der Waals surface area contributed by atoms with E-state index in [2.05, 4.69) is 27.6 Å². The molecule has 0 aliphatic rings. The quantitative estimate of drug-likeness (QED) is 0.633. The number of benzene rings is 1. The van der Waals surface area contributed by atoms with Crippen molar-refractivity contribution in [3.8, 4) is 5.75 Å². The number of H-pyrrole nitrogens is 1. The molecular weight excluding hydrogens is 304 g/mol. The van der Waals surface area contributed by atoms with Gasteiger partial charge in [0.15, 0.2) is 0 Å². The molecule has 0 fully saturated rings. The molecular formula is C15H17ClN4O2. The fraction of sp³-hybridized carbons (Fsp3) is 0.267. The summed E-state index contributed by atoms with van der Waals surface area (Å²) in [6, 6.07) is 7.63. The van der Waals surface area contributed by atoms with E-state index in [1.165, 1.54) is 6.20 Å². The Kier molecular flexibility index (Phi) is 5.55. The minimum absolute atomic E-state index is 0.0230. The molecule has 1 aromatic carbocycles. The number of hydrazone groups is 1. The minimum Gasteiger partial charge on any atom is -0.494 e. The van der Waals surface area contributed by atoms with Crippen LogP contribution in [0.15, 0.2) is 40.4 Å². The summed E-state index contributed by atoms with van der Waals surface area (Å²) in [5.74, 6) is 0.827. The molecule has 0 atom stereocenters. The molecule has 1 aromatic heterocycles. The van der Waals surface area contributed by atoms with Gasteiger partial charge in [-0.25, -0.2) is 5.10 Å². The van der Waals surface area contributed by atoms with Crippen LogP contribution in [0.1, 0.15) is 25.8 Å². The van der Waals surface area contributed by atoms with Gasteiger partial charge in [0.05, 0.1) is 18.5 Å². The van der Waals surface area contributed by atoms with Crippen molar-refractivity contribution < 1.29 is 4.74 Å². The van der Waals surface area contributed by atoms with Crippen molar-refractivity contribution in [3.05, 3.63) is 51.4 Å². The fourth-order valence-electron chi connectivity index (χ4n) is 1.68. The molecule has 6 nitrogen and oxygen atoms in total. The van der Waals surface area contributed by atoms with Crippen LogP contribution in [0.3, 0.4) is 0 Å². The average molecular weight is 321 g/mol. The van der Waals surface area contributed by atoms with Crippen molar-refractivity contribution >= 4 is 23.0 Å². The highest BCUT2D eigenvalue weighted by Crippen LogP contribution is 2.16. The van der Waals surface area contributed by atoms with Crippen LogP contribution in [0.4, 0.5) is 5.69 Å². The maximum atomic E-state index is 11.3. The maximum Gasteiger partial charge on any atom is 0.285 e. The van der Waals surface area contributed by atoms with Gasteiger partial charge in [-0.05, 0) is 43.2 Å². The lowest BCUT2D eigenvalue weighted by Crippen LogP contribution is -2.10. The van der Waals surface area contributed by atoms with E-state index in [0.717, 1.165) is 23.4 Å². The summed E-state index contributed by atoms with van der Waals surface area (Å²) in [6.45, 7) is 4.61. The molecule has 0 aliphatic heterocycles. The topological polar surface area (TPSA) is 79.4 Å². The van der Waals surface area contributed by atoms with E-state index < -0.39 is 5.56 Å². The highest BCUT2D eigenvalue weighted by molar-refractivity contribution is 6.32. The second kappa shape index (κ2) is 7.61. The Morgan fingerprint density at radius 3 is 2.82 bits per heavy atom. The van der Waals surface area contributed by atoms with Gasteiger partial charge >= 0.3 is 0 Å². The zero-order valence-electron chi connectivity index (χ0n) is 12.4. The first-order chi connectivity index (χ1) is 10.6. The summed E-state index contributed by atoms with van der Waals surface area (Å²) < 4.78 is 5.53. The molecule has 0 saturated carbocycles. The second-order valence-electron chi connectivity index (χ2n) is 4.61. The van der Waals surface area contributed by atoms with E-state index >= 15 is 0 Å². The summed E-state index contributed by atoms with van der Waals surface area (Å²) >= 11 is 5.86. The lowest BCUT2D eigenvalue weighted by molar-refractivity contribution is 0.317. The molecule has 7 heteroatoms. The number of rotatable bonds is 6. The van der Waals surface area contributed by atoms with Crippen molar-refractivity contribution in [1.29, 1.82) is 0 Å². The third kappa shape index (κ3) is 4.08. The Labute approximate surface area is 133 Å². The van der Waals surface area contributed by atoms with Crippen LogP contribution < -0.4 is 15.7 Å². The molecule has 2 rings (SSSR count). The van der Waals surface area contributed by atoms with Crippen molar-refractivity contribution in [2.24, 2.45) is 5.10 Å². The Bertz CT molecular complexity index is 710. The van der Waals surface area contributed by atoms with Crippen LogP contribution in [-0.2, 0) is 0 Å². The van der Waals surface area contributed by atoms with E-state index in [9.17, 15) is 4.79 Å². The van der Waals surface area contributed by atoms with Crippen LogP contribution in [0.25, 0.3) is 0 Å². The van der Waals surface area contributed by atoms with Crippen LogP contribution >= 0.6 is 11.6 Å². The average Bonchev–Trinajstić information content (AvgIpc) is 2.54. The molecule has 0 bridgehead atoms. The van der Waals surface area contributed by atoms with E-state index in [0.29, 0.717) is 12.3 Å². The Balaban J connectivity index is 2.08. The van der Waals surface area contributed by atoms with Gasteiger partial charge in [0, 0.05) is 0 Å². The highest BCUT2D eigenvalue weighted by Gasteiger charge is 2.04. The van der Waals surface area contributed by atoms with Gasteiger partial charge in [0.25, 0.3) is 5.56 Å². The Morgan fingerprint density at radius 2 is 2.14 bits per heavy atom. The number of aromatic nitrogens is 2. The van der Waals surface area contributed by atoms with Crippen molar-refractivity contribution in [3.63, 3.8) is 0 Å². The van der Waals surface area contributed by atoms with Gasteiger partial charge < -0.3 is 4.74 Å². The first-order valence-electron chi connectivity index (χ1n) is 6.88. The van der Waals surface area contributed by atoms with Crippen molar-refractivity contribution in [2.45, 2.75) is 20.3 Å². The molecule has 2 N–H and O–H groups in total. The van der Waals surface area contributed by atoms with Crippen molar-refractivity contribution in [1.82, 2.24) is 10.2 Å². The third-order valence-corrected chi connectivity index (χ3v) is 3.26. The van der Waals surface area contributed by atoms with Crippen molar-refractivity contribution in [2.75, 3.05) is 12.0 Å². The van der Waals surface area contributed by atoms with Crippen LogP contribution in [-0.4, -0.2) is 22.5 Å². The van der Waals surface area contributed by atoms with Gasteiger partial charge in [-0.1, -0.05) is 18.5 Å². The minimum atomic E-state index is -0.461. The Morgan fingerprint density at radius 1 is 1.41 bits per heavy atom. The lowest BCUT2D eigenvalue weighted by Gasteiger charge is -2.07. The maximum absolute atomic E-state index is 11.3. The molecule has 0 amide bonds. The summed E-state index contributed by atoms with van der Waals surface area (Å²) in [5.41, 5.74) is 4.32. The lowest BCUT2D eigenvalue weighted by atomic mass is 10.1. The van der Waals surface area contributed by atoms with Gasteiger partial charge in [0.2, 0.25) is 0 Å². The van der Waals surface area contributed by atoms with E-state index in [1.807, 2.05) is 31.2 Å². The van der Waals surface area contributed by atoms with Gasteiger partial charge in [0.1, 0.15) is 16.5 Å². The van der Waals surface area contributed by atoms with Gasteiger partial charge in [-0.3, -0.25) is 10.2 Å². The fourth-order valence-corrected chi connectivity index (χ4v) is 1.82. The van der Waals surface area contributed by atoms with E-state index in [1.54, 1.807) is 0 Å². The normalized spacial score (nSPS) is 11.3. The molecule has 2 aromatic rings. The SMILES string of the molecule is CCCOc1ccc(/C(C)=N\Nc2cn[nH]c(=O)c2Cl)cc1. The summed E-state index contributed by atoms with van der Waals surface area (Å²) in [5, 5.41) is 10.1. The number of halogens is 1. The second-order valence-corrected chi connectivity index (χ2v) is 4.99. The number of hydrogen-bond acceptors (Lipinski definition) is 5. The Hall–Kier alpha value is -2.34. The predicted molar refractivity (Wildman–Crippen MR) is 87.9 cm³/mol. The number of aromatic amines is 1. The monoisotopic (exact) mass is 320 g/mol. The van der Waals surface area contributed by atoms with E-state index in [4.69, 9.17) is 16.3 Å². The standard InChI is InChI=1S/C15H17ClN4O2/c1-3-8-22-12-6-4-11(5-7-12)10(2)18-19-13-9-17-20-15(21)14(13)16/h4-7,9H,3,8H2,1-2H3,(H2,19,20,21)/b18-10-. The zero-order chi connectivity index (χ0) is 15.9. The molecule has 116 valence electrons. The van der Waals surface area contributed by atoms with Crippen LogP contribution in [0.2, 0.25) is 5.02 Å². The molecule has 0 unspecified atom stereocenters.